The van der Waals surface area contributed by atoms with Gasteiger partial charge in [0.05, 0.1) is 10.6 Å². The third kappa shape index (κ3) is 5.76. The Balaban J connectivity index is 1.78. The highest BCUT2D eigenvalue weighted by atomic mass is 35.5. The molecule has 0 aliphatic heterocycles. The molecule has 1 fully saturated rings. The molecule has 160 valence electrons. The second kappa shape index (κ2) is 9.99. The summed E-state index contributed by atoms with van der Waals surface area (Å²) in [6.07, 6.45) is 5.38. The van der Waals surface area contributed by atoms with Crippen LogP contribution in [-0.2, 0) is 4.79 Å². The largest absolute Gasteiger partial charge is 0.329 e. The number of nitro groups is 1. The van der Waals surface area contributed by atoms with E-state index in [1.54, 1.807) is 0 Å². The van der Waals surface area contributed by atoms with Crippen molar-refractivity contribution < 1.29 is 14.5 Å². The van der Waals surface area contributed by atoms with E-state index in [9.17, 15) is 19.7 Å². The monoisotopic (exact) mass is 450 g/mol. The zero-order chi connectivity index (χ0) is 21.7. The Morgan fingerprint density at radius 3 is 2.70 bits per heavy atom. The van der Waals surface area contributed by atoms with E-state index in [1.165, 1.54) is 40.9 Å². The number of nitrogens with zero attached hydrogens (tertiary/aromatic N) is 3. The van der Waals surface area contributed by atoms with Gasteiger partial charge < -0.3 is 10.2 Å². The number of aromatic nitrogens is 1. The van der Waals surface area contributed by atoms with Crippen molar-refractivity contribution in [3.8, 4) is 0 Å². The number of benzene rings is 1. The van der Waals surface area contributed by atoms with E-state index in [0.29, 0.717) is 17.6 Å². The minimum atomic E-state index is -0.623. The highest BCUT2D eigenvalue weighted by molar-refractivity contribution is 7.13. The van der Waals surface area contributed by atoms with Crippen LogP contribution in [0.3, 0.4) is 0 Å². The van der Waals surface area contributed by atoms with Crippen LogP contribution >= 0.6 is 22.9 Å². The fourth-order valence-corrected chi connectivity index (χ4v) is 4.50. The van der Waals surface area contributed by atoms with Crippen molar-refractivity contribution in [2.24, 2.45) is 5.92 Å². The summed E-state index contributed by atoms with van der Waals surface area (Å²) >= 11 is 7.19. The molecule has 0 saturated heterocycles. The van der Waals surface area contributed by atoms with E-state index in [1.807, 2.05) is 12.3 Å². The van der Waals surface area contributed by atoms with E-state index in [4.69, 9.17) is 11.6 Å². The molecule has 1 N–H and O–H groups in total. The Bertz CT molecular complexity index is 943. The van der Waals surface area contributed by atoms with Crippen molar-refractivity contribution in [2.45, 2.75) is 39.0 Å². The molecule has 0 radical (unpaired) electrons. The van der Waals surface area contributed by atoms with Crippen LogP contribution in [0.15, 0.2) is 23.6 Å². The van der Waals surface area contributed by atoms with Crippen LogP contribution in [0.5, 0.6) is 0 Å². The van der Waals surface area contributed by atoms with Crippen LogP contribution < -0.4 is 5.32 Å². The van der Waals surface area contributed by atoms with Crippen molar-refractivity contribution in [3.63, 3.8) is 0 Å². The van der Waals surface area contributed by atoms with Crippen molar-refractivity contribution in [2.75, 3.05) is 18.4 Å². The van der Waals surface area contributed by atoms with Crippen LogP contribution in [0.2, 0.25) is 5.02 Å². The van der Waals surface area contributed by atoms with Crippen LogP contribution in [0.25, 0.3) is 0 Å². The Morgan fingerprint density at radius 1 is 1.33 bits per heavy atom. The predicted molar refractivity (Wildman–Crippen MR) is 116 cm³/mol. The molecule has 1 aromatic carbocycles. The smallest absolute Gasteiger partial charge is 0.288 e. The molecular formula is C20H23ClN4O4S. The first kappa shape index (κ1) is 22.2. The normalized spacial score (nSPS) is 14.3. The maximum absolute atomic E-state index is 13.2. The lowest BCUT2D eigenvalue weighted by atomic mass is 9.89. The molecule has 30 heavy (non-hydrogen) atoms. The molecule has 0 spiro atoms. The van der Waals surface area contributed by atoms with Gasteiger partial charge in [-0.3, -0.25) is 19.7 Å². The zero-order valence-electron chi connectivity index (χ0n) is 16.6. The molecule has 0 bridgehead atoms. The lowest BCUT2D eigenvalue weighted by Crippen LogP contribution is -2.41. The van der Waals surface area contributed by atoms with Crippen molar-refractivity contribution in [3.05, 3.63) is 50.0 Å². The number of halogens is 1. The van der Waals surface area contributed by atoms with Gasteiger partial charge in [0, 0.05) is 23.6 Å². The molecule has 10 heteroatoms. The van der Waals surface area contributed by atoms with Gasteiger partial charge >= 0.3 is 0 Å². The number of nitrogens with one attached hydrogen (secondary N) is 1. The zero-order valence-corrected chi connectivity index (χ0v) is 18.2. The fourth-order valence-electron chi connectivity index (χ4n) is 3.61. The third-order valence-corrected chi connectivity index (χ3v) is 6.28. The molecule has 0 unspecified atom stereocenters. The molecule has 0 atom stereocenters. The lowest BCUT2D eigenvalue weighted by Gasteiger charge is -2.29. The number of aryl methyl sites for hydroxylation is 1. The molecule has 2 aromatic rings. The summed E-state index contributed by atoms with van der Waals surface area (Å²) in [5.41, 5.74) is 0.613. The molecule has 1 heterocycles. The summed E-state index contributed by atoms with van der Waals surface area (Å²) < 4.78 is 0. The average molecular weight is 451 g/mol. The predicted octanol–water partition coefficient (Wildman–Crippen LogP) is 4.67. The maximum Gasteiger partial charge on any atom is 0.288 e. The summed E-state index contributed by atoms with van der Waals surface area (Å²) in [4.78, 5) is 42.0. The van der Waals surface area contributed by atoms with E-state index >= 15 is 0 Å². The molecule has 8 nitrogen and oxygen atoms in total. The highest BCUT2D eigenvalue weighted by Gasteiger charge is 2.26. The average Bonchev–Trinajstić information content (AvgIpc) is 3.12. The Kier molecular flexibility index (Phi) is 7.38. The number of hydrogen-bond acceptors (Lipinski definition) is 6. The molecule has 1 aliphatic carbocycles. The number of thiazole rings is 1. The number of rotatable bonds is 7. The van der Waals surface area contributed by atoms with E-state index in [0.717, 1.165) is 31.4 Å². The van der Waals surface area contributed by atoms with Gasteiger partial charge in [-0.2, -0.15) is 0 Å². The first-order valence-corrected chi connectivity index (χ1v) is 11.0. The molecule has 3 rings (SSSR count). The minimum absolute atomic E-state index is 0.0349. The van der Waals surface area contributed by atoms with Crippen molar-refractivity contribution >= 4 is 45.6 Å². The summed E-state index contributed by atoms with van der Waals surface area (Å²) in [7, 11) is 0. The number of carbonyl (C=O) groups excluding carboxylic acids is 2. The molecular weight excluding hydrogens is 428 g/mol. The van der Waals surface area contributed by atoms with Gasteiger partial charge in [-0.1, -0.05) is 30.9 Å². The quantitative estimate of drug-likeness (QED) is 0.487. The number of anilines is 1. The minimum Gasteiger partial charge on any atom is -0.329 e. The number of nitro benzene ring substituents is 1. The fraction of sp³-hybridized carbons (Fsp3) is 0.450. The molecule has 1 aliphatic rings. The Hall–Kier alpha value is -2.52. The van der Waals surface area contributed by atoms with Crippen molar-refractivity contribution in [1.29, 1.82) is 0 Å². The van der Waals surface area contributed by atoms with Crippen LogP contribution in [-0.4, -0.2) is 39.7 Å². The van der Waals surface area contributed by atoms with Crippen LogP contribution in [0, 0.1) is 23.0 Å². The van der Waals surface area contributed by atoms with Gasteiger partial charge in [0.25, 0.3) is 11.6 Å². The van der Waals surface area contributed by atoms with Crippen LogP contribution in [0.4, 0.5) is 10.8 Å². The lowest BCUT2D eigenvalue weighted by molar-refractivity contribution is -0.384. The summed E-state index contributed by atoms with van der Waals surface area (Å²) in [6, 6.07) is 3.96. The molecule has 1 aromatic heterocycles. The number of carbonyl (C=O) groups is 2. The van der Waals surface area contributed by atoms with Crippen molar-refractivity contribution in [1.82, 2.24) is 9.88 Å². The van der Waals surface area contributed by atoms with Gasteiger partial charge in [-0.25, -0.2) is 4.98 Å². The third-order valence-electron chi connectivity index (χ3n) is 5.08. The molecule has 2 amide bonds. The van der Waals surface area contributed by atoms with Gasteiger partial charge in [0.1, 0.15) is 11.6 Å². The number of hydrogen-bond donors (Lipinski definition) is 1. The van der Waals surface area contributed by atoms with Gasteiger partial charge in [0.2, 0.25) is 5.91 Å². The summed E-state index contributed by atoms with van der Waals surface area (Å²) in [5, 5.41) is 16.2. The van der Waals surface area contributed by atoms with Crippen LogP contribution in [0.1, 0.15) is 48.2 Å². The van der Waals surface area contributed by atoms with E-state index in [-0.39, 0.29) is 28.7 Å². The Labute approximate surface area is 183 Å². The number of amides is 2. The summed E-state index contributed by atoms with van der Waals surface area (Å²) in [6.45, 7) is 2.11. The molecule has 1 saturated carbocycles. The maximum atomic E-state index is 13.2. The summed E-state index contributed by atoms with van der Waals surface area (Å²) in [5.74, 6) is -0.470. The topological polar surface area (TPSA) is 105 Å². The second-order valence-corrected chi connectivity index (χ2v) is 8.72. The SMILES string of the molecule is Cc1csc(NC(=O)CN(CC2CCCCC2)C(=O)c2ccc(Cl)c([N+](=O)[O-])c2)n1. The van der Waals surface area contributed by atoms with Gasteiger partial charge in [-0.15, -0.1) is 11.3 Å². The Morgan fingerprint density at radius 2 is 2.07 bits per heavy atom. The van der Waals surface area contributed by atoms with E-state index < -0.39 is 10.8 Å². The second-order valence-electron chi connectivity index (χ2n) is 7.46. The highest BCUT2D eigenvalue weighted by Crippen LogP contribution is 2.28. The first-order chi connectivity index (χ1) is 14.3. The first-order valence-electron chi connectivity index (χ1n) is 9.78. The standard InChI is InChI=1S/C20H23ClN4O4S/c1-13-12-30-20(22-13)23-18(26)11-24(10-14-5-3-2-4-6-14)19(27)15-7-8-16(21)17(9-15)25(28)29/h7-9,12,14H,2-6,10-11H2,1H3,(H,22,23,26). The van der Waals surface area contributed by atoms with Gasteiger partial charge in [0.15, 0.2) is 5.13 Å². The van der Waals surface area contributed by atoms with Gasteiger partial charge in [-0.05, 0) is 37.8 Å². The van der Waals surface area contributed by atoms with E-state index in [2.05, 4.69) is 10.3 Å².